The SMILES string of the molecule is CCOc1cc(CNn2c(C)n[nH]c2=S)cc(Br)c1OCc1ccc(Cl)c(Cl)c1. The summed E-state index contributed by atoms with van der Waals surface area (Å²) in [4.78, 5) is 0. The average molecular weight is 518 g/mol. The summed E-state index contributed by atoms with van der Waals surface area (Å²) in [6.07, 6.45) is 0. The summed E-state index contributed by atoms with van der Waals surface area (Å²) in [6, 6.07) is 9.31. The molecule has 0 amide bonds. The zero-order valence-corrected chi connectivity index (χ0v) is 19.7. The number of aromatic nitrogens is 3. The van der Waals surface area contributed by atoms with Gasteiger partial charge in [0.2, 0.25) is 4.77 Å². The van der Waals surface area contributed by atoms with Gasteiger partial charge < -0.3 is 14.9 Å². The molecule has 154 valence electrons. The van der Waals surface area contributed by atoms with Crippen LogP contribution in [0.1, 0.15) is 23.9 Å². The number of aryl methyl sites for hydroxylation is 1. The molecular formula is C19H19BrCl2N4O2S. The van der Waals surface area contributed by atoms with Gasteiger partial charge in [0.1, 0.15) is 12.4 Å². The fourth-order valence-corrected chi connectivity index (χ4v) is 3.81. The Balaban J connectivity index is 1.78. The molecule has 0 bridgehead atoms. The van der Waals surface area contributed by atoms with Crippen LogP contribution >= 0.6 is 51.3 Å². The van der Waals surface area contributed by atoms with Gasteiger partial charge in [-0.15, -0.1) is 0 Å². The molecule has 1 aromatic heterocycles. The molecule has 2 N–H and O–H groups in total. The van der Waals surface area contributed by atoms with Crippen LogP contribution in [0.2, 0.25) is 10.0 Å². The maximum absolute atomic E-state index is 6.08. The van der Waals surface area contributed by atoms with Crippen LogP contribution in [0.5, 0.6) is 11.5 Å². The normalized spacial score (nSPS) is 10.8. The lowest BCUT2D eigenvalue weighted by molar-refractivity contribution is 0.267. The number of nitrogens with zero attached hydrogens (tertiary/aromatic N) is 2. The van der Waals surface area contributed by atoms with Crippen molar-refractivity contribution in [3.05, 3.63) is 66.6 Å². The summed E-state index contributed by atoms with van der Waals surface area (Å²) in [5, 5.41) is 7.83. The lowest BCUT2D eigenvalue weighted by Crippen LogP contribution is -2.16. The van der Waals surface area contributed by atoms with Crippen molar-refractivity contribution in [3.63, 3.8) is 0 Å². The highest BCUT2D eigenvalue weighted by molar-refractivity contribution is 9.10. The van der Waals surface area contributed by atoms with E-state index in [1.165, 1.54) is 0 Å². The van der Waals surface area contributed by atoms with E-state index in [1.807, 2.05) is 32.0 Å². The minimum atomic E-state index is 0.330. The van der Waals surface area contributed by atoms with E-state index < -0.39 is 0 Å². The van der Waals surface area contributed by atoms with Crippen LogP contribution in [-0.4, -0.2) is 21.5 Å². The van der Waals surface area contributed by atoms with Crippen LogP contribution in [0.4, 0.5) is 0 Å². The number of benzene rings is 2. The molecule has 0 aliphatic rings. The highest BCUT2D eigenvalue weighted by Crippen LogP contribution is 2.37. The molecule has 0 saturated carbocycles. The maximum atomic E-state index is 6.08. The van der Waals surface area contributed by atoms with Gasteiger partial charge in [0.15, 0.2) is 11.5 Å². The van der Waals surface area contributed by atoms with Gasteiger partial charge in [-0.3, -0.25) is 5.10 Å². The molecule has 0 fully saturated rings. The molecule has 0 atom stereocenters. The van der Waals surface area contributed by atoms with E-state index in [2.05, 4.69) is 31.6 Å². The highest BCUT2D eigenvalue weighted by atomic mass is 79.9. The van der Waals surface area contributed by atoms with Gasteiger partial charge in [0, 0.05) is 0 Å². The molecule has 29 heavy (non-hydrogen) atoms. The van der Waals surface area contributed by atoms with E-state index in [-0.39, 0.29) is 0 Å². The Morgan fingerprint density at radius 2 is 1.97 bits per heavy atom. The van der Waals surface area contributed by atoms with Gasteiger partial charge in [-0.1, -0.05) is 29.3 Å². The minimum Gasteiger partial charge on any atom is -0.490 e. The van der Waals surface area contributed by atoms with E-state index in [4.69, 9.17) is 44.9 Å². The molecule has 0 aliphatic heterocycles. The standard InChI is InChI=1S/C19H19BrCl2N4O2S/c1-3-27-17-8-13(9-23-26-11(2)24-25-19(26)29)6-14(20)18(17)28-10-12-4-5-15(21)16(22)7-12/h4-8,23H,3,9-10H2,1-2H3,(H,25,29). The number of aromatic amines is 1. The molecule has 0 saturated heterocycles. The summed E-state index contributed by atoms with van der Waals surface area (Å²) < 4.78 is 14.8. The number of ether oxygens (including phenoxy) is 2. The molecule has 3 aromatic rings. The van der Waals surface area contributed by atoms with Crippen LogP contribution in [0.25, 0.3) is 0 Å². The second-order valence-electron chi connectivity index (χ2n) is 6.12. The summed E-state index contributed by atoms with van der Waals surface area (Å²) in [6.45, 7) is 5.16. The molecular weight excluding hydrogens is 499 g/mol. The van der Waals surface area contributed by atoms with Gasteiger partial charge in [-0.05, 0) is 77.4 Å². The zero-order valence-electron chi connectivity index (χ0n) is 15.8. The lowest BCUT2D eigenvalue weighted by atomic mass is 10.2. The van der Waals surface area contributed by atoms with E-state index in [0.29, 0.717) is 46.1 Å². The first-order valence-electron chi connectivity index (χ1n) is 8.79. The van der Waals surface area contributed by atoms with Gasteiger partial charge >= 0.3 is 0 Å². The molecule has 0 aliphatic carbocycles. The molecule has 2 aromatic carbocycles. The summed E-state index contributed by atoms with van der Waals surface area (Å²) >= 11 is 20.9. The van der Waals surface area contributed by atoms with Crippen molar-refractivity contribution in [3.8, 4) is 11.5 Å². The first-order valence-corrected chi connectivity index (χ1v) is 10.7. The van der Waals surface area contributed by atoms with Gasteiger partial charge in [-0.2, -0.15) is 5.10 Å². The van der Waals surface area contributed by atoms with Crippen molar-refractivity contribution < 1.29 is 9.47 Å². The lowest BCUT2D eigenvalue weighted by Gasteiger charge is -2.16. The van der Waals surface area contributed by atoms with Crippen molar-refractivity contribution >= 4 is 51.3 Å². The van der Waals surface area contributed by atoms with E-state index in [9.17, 15) is 0 Å². The number of hydrogen-bond acceptors (Lipinski definition) is 5. The molecule has 0 radical (unpaired) electrons. The average Bonchev–Trinajstić information content (AvgIpc) is 3.00. The predicted octanol–water partition coefficient (Wildman–Crippen LogP) is 6.04. The van der Waals surface area contributed by atoms with Crippen molar-refractivity contribution in [2.24, 2.45) is 0 Å². The molecule has 1 heterocycles. The summed E-state index contributed by atoms with van der Waals surface area (Å²) in [5.74, 6) is 2.02. The second-order valence-corrected chi connectivity index (χ2v) is 8.18. The summed E-state index contributed by atoms with van der Waals surface area (Å²) in [5.41, 5.74) is 5.13. The minimum absolute atomic E-state index is 0.330. The fraction of sp³-hybridized carbons (Fsp3) is 0.263. The smallest absolute Gasteiger partial charge is 0.214 e. The van der Waals surface area contributed by atoms with E-state index in [0.717, 1.165) is 21.4 Å². The number of halogens is 3. The first kappa shape index (κ1) is 22.0. The Bertz CT molecular complexity index is 1070. The van der Waals surface area contributed by atoms with Crippen LogP contribution in [0, 0.1) is 11.7 Å². The maximum Gasteiger partial charge on any atom is 0.214 e. The molecule has 0 unspecified atom stereocenters. The number of rotatable bonds is 8. The Kier molecular flexibility index (Phi) is 7.45. The van der Waals surface area contributed by atoms with Gasteiger partial charge in [0.25, 0.3) is 0 Å². The molecule has 10 heteroatoms. The number of H-pyrrole nitrogens is 1. The second kappa shape index (κ2) is 9.84. The van der Waals surface area contributed by atoms with E-state index >= 15 is 0 Å². The quantitative estimate of drug-likeness (QED) is 0.356. The Morgan fingerprint density at radius 3 is 2.62 bits per heavy atom. The number of hydrogen-bond donors (Lipinski definition) is 2. The Morgan fingerprint density at radius 1 is 1.17 bits per heavy atom. The van der Waals surface area contributed by atoms with Crippen LogP contribution < -0.4 is 14.9 Å². The van der Waals surface area contributed by atoms with Crippen LogP contribution in [-0.2, 0) is 13.2 Å². The topological polar surface area (TPSA) is 64.1 Å². The Labute approximate surface area is 192 Å². The van der Waals surface area contributed by atoms with Crippen LogP contribution in [0.15, 0.2) is 34.8 Å². The van der Waals surface area contributed by atoms with Crippen molar-refractivity contribution in [2.45, 2.75) is 27.0 Å². The zero-order chi connectivity index (χ0) is 21.0. The largest absolute Gasteiger partial charge is 0.490 e. The van der Waals surface area contributed by atoms with Gasteiger partial charge in [0.05, 0.1) is 27.7 Å². The highest BCUT2D eigenvalue weighted by Gasteiger charge is 2.13. The van der Waals surface area contributed by atoms with Crippen molar-refractivity contribution in [1.82, 2.24) is 14.9 Å². The number of nitrogens with one attached hydrogen (secondary N) is 2. The van der Waals surface area contributed by atoms with E-state index in [1.54, 1.807) is 16.8 Å². The van der Waals surface area contributed by atoms with Gasteiger partial charge in [-0.25, -0.2) is 4.68 Å². The summed E-state index contributed by atoms with van der Waals surface area (Å²) in [7, 11) is 0. The van der Waals surface area contributed by atoms with Crippen LogP contribution in [0.3, 0.4) is 0 Å². The molecule has 0 spiro atoms. The predicted molar refractivity (Wildman–Crippen MR) is 121 cm³/mol. The third-order valence-electron chi connectivity index (χ3n) is 4.02. The van der Waals surface area contributed by atoms with Crippen molar-refractivity contribution in [2.75, 3.05) is 12.0 Å². The third-order valence-corrected chi connectivity index (χ3v) is 5.62. The molecule has 6 nitrogen and oxygen atoms in total. The van der Waals surface area contributed by atoms with Crippen molar-refractivity contribution in [1.29, 1.82) is 0 Å². The fourth-order valence-electron chi connectivity index (χ4n) is 2.64. The third kappa shape index (κ3) is 5.45. The Hall–Kier alpha value is -1.74. The first-order chi connectivity index (χ1) is 13.9. The molecule has 3 rings (SSSR count). The monoisotopic (exact) mass is 516 g/mol.